The predicted molar refractivity (Wildman–Crippen MR) is 220 cm³/mol. The summed E-state index contributed by atoms with van der Waals surface area (Å²) in [7, 11) is 0. The molecule has 2 bridgehead atoms. The number of nitrogens with zero attached hydrogens (tertiary/aromatic N) is 1. The summed E-state index contributed by atoms with van der Waals surface area (Å²) in [5.74, 6) is 3.64. The van der Waals surface area contributed by atoms with Crippen LogP contribution in [0.2, 0.25) is 0 Å². The van der Waals surface area contributed by atoms with Gasteiger partial charge in [-0.15, -0.1) is 0 Å². The van der Waals surface area contributed by atoms with Gasteiger partial charge in [0.15, 0.2) is 0 Å². The largest absolute Gasteiger partial charge is 0.310 e. The van der Waals surface area contributed by atoms with E-state index in [9.17, 15) is 0 Å². The van der Waals surface area contributed by atoms with Crippen molar-refractivity contribution >= 4 is 27.8 Å². The highest BCUT2D eigenvalue weighted by Crippen LogP contribution is 2.89. The fraction of sp³-hybridized carbons (Fsp3) is 0.346. The van der Waals surface area contributed by atoms with Gasteiger partial charge in [-0.25, -0.2) is 0 Å². The number of hydrogen-bond acceptors (Lipinski definition) is 1. The Balaban J connectivity index is 1.03. The lowest BCUT2D eigenvalue weighted by Gasteiger charge is -2.76. The summed E-state index contributed by atoms with van der Waals surface area (Å²) >= 11 is 0. The molecule has 0 radical (unpaired) electrons. The zero-order valence-corrected chi connectivity index (χ0v) is 31.6. The van der Waals surface area contributed by atoms with Crippen LogP contribution in [0, 0.1) is 29.1 Å². The Bertz CT molecular complexity index is 2510. The van der Waals surface area contributed by atoms with Crippen LogP contribution in [0.4, 0.5) is 17.1 Å². The highest BCUT2D eigenvalue weighted by atomic mass is 15.1. The maximum Gasteiger partial charge on any atom is 0.0540 e. The average Bonchev–Trinajstić information content (AvgIpc) is 3.81. The normalized spacial score (nSPS) is 29.9. The van der Waals surface area contributed by atoms with Gasteiger partial charge in [-0.1, -0.05) is 131 Å². The smallest absolute Gasteiger partial charge is 0.0540 e. The van der Waals surface area contributed by atoms with Gasteiger partial charge in [0, 0.05) is 16.5 Å². The average molecular weight is 688 g/mol. The van der Waals surface area contributed by atoms with Crippen LogP contribution in [0.25, 0.3) is 33.0 Å². The third-order valence-corrected chi connectivity index (χ3v) is 16.2. The summed E-state index contributed by atoms with van der Waals surface area (Å²) < 4.78 is 0. The van der Waals surface area contributed by atoms with Crippen LogP contribution in [0.1, 0.15) is 88.5 Å². The lowest BCUT2D eigenvalue weighted by Crippen LogP contribution is -2.73. The highest BCUT2D eigenvalue weighted by molar-refractivity contribution is 6.00. The molecule has 2 spiro atoms. The first-order chi connectivity index (χ1) is 25.7. The number of anilines is 3. The third kappa shape index (κ3) is 3.66. The second kappa shape index (κ2) is 10.1. The summed E-state index contributed by atoms with van der Waals surface area (Å²) in [6.07, 6.45) is 8.30. The zero-order valence-electron chi connectivity index (χ0n) is 31.6. The highest BCUT2D eigenvalue weighted by Gasteiger charge is 2.84. The van der Waals surface area contributed by atoms with Crippen molar-refractivity contribution in [3.05, 3.63) is 150 Å². The molecule has 262 valence electrons. The lowest BCUT2D eigenvalue weighted by molar-refractivity contribution is -0.231. The molecule has 0 N–H and O–H groups in total. The Morgan fingerprint density at radius 3 is 2.08 bits per heavy atom. The molecule has 0 saturated heterocycles. The van der Waals surface area contributed by atoms with Gasteiger partial charge >= 0.3 is 0 Å². The number of benzene rings is 6. The van der Waals surface area contributed by atoms with Crippen LogP contribution in [-0.2, 0) is 16.2 Å². The van der Waals surface area contributed by atoms with E-state index in [1.54, 1.807) is 11.1 Å². The van der Waals surface area contributed by atoms with E-state index in [0.717, 1.165) is 23.7 Å². The van der Waals surface area contributed by atoms with E-state index in [0.29, 0.717) is 5.41 Å². The lowest BCUT2D eigenvalue weighted by atomic mass is 9.27. The molecular weight excluding hydrogens is 639 g/mol. The van der Waals surface area contributed by atoms with E-state index in [-0.39, 0.29) is 16.2 Å². The van der Waals surface area contributed by atoms with Gasteiger partial charge < -0.3 is 4.90 Å². The van der Waals surface area contributed by atoms with E-state index in [1.807, 2.05) is 0 Å². The maximum absolute atomic E-state index is 2.57. The summed E-state index contributed by atoms with van der Waals surface area (Å²) in [6.45, 7) is 9.79. The van der Waals surface area contributed by atoms with E-state index in [2.05, 4.69) is 160 Å². The van der Waals surface area contributed by atoms with Gasteiger partial charge in [0.1, 0.15) is 0 Å². The van der Waals surface area contributed by atoms with Crippen molar-refractivity contribution in [3.63, 3.8) is 0 Å². The van der Waals surface area contributed by atoms with Crippen LogP contribution in [0.5, 0.6) is 0 Å². The summed E-state index contributed by atoms with van der Waals surface area (Å²) in [4.78, 5) is 2.57. The second-order valence-electron chi connectivity index (χ2n) is 19.2. The topological polar surface area (TPSA) is 3.24 Å². The van der Waals surface area contributed by atoms with E-state index in [1.165, 1.54) is 99.7 Å². The molecule has 6 aliphatic carbocycles. The van der Waals surface area contributed by atoms with Gasteiger partial charge in [0.2, 0.25) is 0 Å². The molecule has 4 fully saturated rings. The van der Waals surface area contributed by atoms with Crippen molar-refractivity contribution in [2.45, 2.75) is 82.5 Å². The number of rotatable bonds is 4. The molecule has 6 aromatic rings. The van der Waals surface area contributed by atoms with E-state index in [4.69, 9.17) is 0 Å². The van der Waals surface area contributed by atoms with Gasteiger partial charge in [-0.05, 0) is 153 Å². The Morgan fingerprint density at radius 1 is 0.547 bits per heavy atom. The molecule has 0 aliphatic heterocycles. The predicted octanol–water partition coefficient (Wildman–Crippen LogP) is 13.7. The Labute approximate surface area is 315 Å². The Kier molecular flexibility index (Phi) is 5.88. The molecule has 53 heavy (non-hydrogen) atoms. The van der Waals surface area contributed by atoms with Crippen molar-refractivity contribution in [2.75, 3.05) is 4.90 Å². The molecular formula is C52H49N. The first-order valence-electron chi connectivity index (χ1n) is 20.5. The van der Waals surface area contributed by atoms with Gasteiger partial charge in [-0.2, -0.15) is 0 Å². The van der Waals surface area contributed by atoms with Gasteiger partial charge in [-0.3, -0.25) is 0 Å². The molecule has 6 aliphatic rings. The number of fused-ring (bicyclic) bond motifs is 10. The first kappa shape index (κ1) is 30.8. The molecule has 12 rings (SSSR count). The third-order valence-electron chi connectivity index (χ3n) is 16.2. The molecule has 4 saturated carbocycles. The quantitative estimate of drug-likeness (QED) is 0.178. The van der Waals surface area contributed by atoms with Gasteiger partial charge in [0.25, 0.3) is 0 Å². The fourth-order valence-electron chi connectivity index (χ4n) is 14.1. The minimum atomic E-state index is 0.0670. The zero-order chi connectivity index (χ0) is 35.5. The summed E-state index contributed by atoms with van der Waals surface area (Å²) in [5, 5.41) is 2.55. The molecule has 1 heteroatoms. The van der Waals surface area contributed by atoms with Crippen molar-refractivity contribution in [1.29, 1.82) is 0 Å². The molecule has 0 heterocycles. The minimum Gasteiger partial charge on any atom is -0.310 e. The van der Waals surface area contributed by atoms with E-state index < -0.39 is 0 Å². The Morgan fingerprint density at radius 2 is 1.21 bits per heavy atom. The first-order valence-corrected chi connectivity index (χ1v) is 20.5. The molecule has 6 unspecified atom stereocenters. The molecule has 6 aromatic carbocycles. The molecule has 0 aromatic heterocycles. The van der Waals surface area contributed by atoms with Crippen LogP contribution >= 0.6 is 0 Å². The van der Waals surface area contributed by atoms with Crippen LogP contribution in [0.15, 0.2) is 127 Å². The van der Waals surface area contributed by atoms with Crippen molar-refractivity contribution < 1.29 is 0 Å². The van der Waals surface area contributed by atoms with Crippen LogP contribution in [-0.4, -0.2) is 0 Å². The van der Waals surface area contributed by atoms with Crippen LogP contribution in [0.3, 0.4) is 0 Å². The van der Waals surface area contributed by atoms with E-state index >= 15 is 0 Å². The standard InChI is InChI=1S/C52H49N/c1-49(2)26-27-50(3,4)48-42(49)19-11-21-44(48)53(43-20-9-13-33-12-5-6-14-37(33)43)36-24-22-34(23-25-36)38-16-10-18-41-47(38)39-15-7-8-17-40(39)52(41)45-29-32-28-35-30-46(52)51(35,45)31-32/h5-25,32,35,45-46H,26-31H2,1-4H3. The summed E-state index contributed by atoms with van der Waals surface area (Å²) in [5.41, 5.74) is 16.9. The van der Waals surface area contributed by atoms with Gasteiger partial charge in [0.05, 0.1) is 11.4 Å². The van der Waals surface area contributed by atoms with Crippen molar-refractivity contribution in [3.8, 4) is 22.3 Å². The fourth-order valence-corrected chi connectivity index (χ4v) is 14.1. The second-order valence-corrected chi connectivity index (χ2v) is 19.2. The molecule has 6 atom stereocenters. The monoisotopic (exact) mass is 687 g/mol. The summed E-state index contributed by atoms with van der Waals surface area (Å²) in [6, 6.07) is 49.3. The SMILES string of the molecule is CC1(C)CCC(C)(C)c2c(N(c3ccc(-c4cccc5c4-c4ccccc4C54C5CC6CC7CC4C75C6)cc3)c3cccc4ccccc34)cccc21. The minimum absolute atomic E-state index is 0.0670. The van der Waals surface area contributed by atoms with Crippen LogP contribution < -0.4 is 4.90 Å². The number of hydrogen-bond donors (Lipinski definition) is 0. The Hall–Kier alpha value is -4.62. The molecule has 1 nitrogen and oxygen atoms in total. The maximum atomic E-state index is 2.57. The van der Waals surface area contributed by atoms with Crippen molar-refractivity contribution in [1.82, 2.24) is 0 Å². The molecule has 0 amide bonds. The van der Waals surface area contributed by atoms with Crippen molar-refractivity contribution in [2.24, 2.45) is 29.1 Å².